The van der Waals surface area contributed by atoms with Crippen LogP contribution in [0.2, 0.25) is 0 Å². The Labute approximate surface area is 116 Å². The number of halogens is 1. The minimum atomic E-state index is -0.509. The predicted octanol–water partition coefficient (Wildman–Crippen LogP) is 2.40. The van der Waals surface area contributed by atoms with E-state index in [9.17, 15) is 9.18 Å². The van der Waals surface area contributed by atoms with Gasteiger partial charge in [0.1, 0.15) is 5.82 Å². The molecule has 5 heteroatoms. The number of hydrogen-bond donors (Lipinski definition) is 1. The van der Waals surface area contributed by atoms with Crippen LogP contribution in [0.3, 0.4) is 0 Å². The van der Waals surface area contributed by atoms with Gasteiger partial charge in [0.25, 0.3) is 5.91 Å². The van der Waals surface area contributed by atoms with Crippen LogP contribution in [0.4, 0.5) is 15.8 Å². The lowest BCUT2D eigenvalue weighted by Crippen LogP contribution is -2.35. The number of benzene rings is 1. The third-order valence-electron chi connectivity index (χ3n) is 3.42. The molecule has 0 spiro atoms. The lowest BCUT2D eigenvalue weighted by molar-refractivity contribution is 0.0984. The Balaban J connectivity index is 1.98. The summed E-state index contributed by atoms with van der Waals surface area (Å²) in [6.45, 7) is 0.617. The number of rotatable bonds is 1. The summed E-state index contributed by atoms with van der Waals surface area (Å²) < 4.78 is 13.2. The fourth-order valence-corrected chi connectivity index (χ4v) is 2.51. The monoisotopic (exact) mass is 271 g/mol. The SMILES string of the molecule is Nc1ccc2c(c1)CCCN2C(=O)c1cncc(F)c1. The maximum atomic E-state index is 13.2. The smallest absolute Gasteiger partial charge is 0.259 e. The molecule has 0 saturated carbocycles. The molecule has 0 unspecified atom stereocenters. The lowest BCUT2D eigenvalue weighted by atomic mass is 10.0. The molecule has 0 atom stereocenters. The van der Waals surface area contributed by atoms with E-state index in [0.717, 1.165) is 30.3 Å². The third kappa shape index (κ3) is 2.22. The maximum absolute atomic E-state index is 13.2. The van der Waals surface area contributed by atoms with E-state index in [4.69, 9.17) is 5.73 Å². The van der Waals surface area contributed by atoms with Gasteiger partial charge in [-0.2, -0.15) is 0 Å². The van der Waals surface area contributed by atoms with Crippen LogP contribution in [0.15, 0.2) is 36.7 Å². The van der Waals surface area contributed by atoms with Gasteiger partial charge < -0.3 is 10.6 Å². The first-order valence-electron chi connectivity index (χ1n) is 6.46. The van der Waals surface area contributed by atoms with Crippen molar-refractivity contribution in [3.8, 4) is 0 Å². The zero-order valence-corrected chi connectivity index (χ0v) is 10.8. The van der Waals surface area contributed by atoms with Crippen molar-refractivity contribution in [1.29, 1.82) is 0 Å². The minimum Gasteiger partial charge on any atom is -0.399 e. The first kappa shape index (κ1) is 12.6. The second-order valence-corrected chi connectivity index (χ2v) is 4.84. The van der Waals surface area contributed by atoms with Crippen LogP contribution in [0.5, 0.6) is 0 Å². The maximum Gasteiger partial charge on any atom is 0.259 e. The number of nitrogens with zero attached hydrogens (tertiary/aromatic N) is 2. The second-order valence-electron chi connectivity index (χ2n) is 4.84. The Morgan fingerprint density at radius 3 is 2.95 bits per heavy atom. The topological polar surface area (TPSA) is 59.2 Å². The van der Waals surface area contributed by atoms with Crippen LogP contribution in [0.25, 0.3) is 0 Å². The average molecular weight is 271 g/mol. The van der Waals surface area contributed by atoms with Gasteiger partial charge in [-0.1, -0.05) is 0 Å². The fraction of sp³-hybridized carbons (Fsp3) is 0.200. The van der Waals surface area contributed by atoms with E-state index >= 15 is 0 Å². The highest BCUT2D eigenvalue weighted by Crippen LogP contribution is 2.29. The highest BCUT2D eigenvalue weighted by Gasteiger charge is 2.24. The number of aromatic nitrogens is 1. The Bertz CT molecular complexity index is 672. The Morgan fingerprint density at radius 1 is 1.30 bits per heavy atom. The van der Waals surface area contributed by atoms with E-state index in [-0.39, 0.29) is 11.5 Å². The van der Waals surface area contributed by atoms with Gasteiger partial charge in [0, 0.05) is 24.1 Å². The molecule has 3 rings (SSSR count). The van der Waals surface area contributed by atoms with Crippen LogP contribution < -0.4 is 10.6 Å². The standard InChI is InChI=1S/C15H14FN3O/c16-12-6-11(8-18-9-12)15(20)19-5-1-2-10-7-13(17)3-4-14(10)19/h3-4,6-9H,1-2,5,17H2. The fourth-order valence-electron chi connectivity index (χ4n) is 2.51. The zero-order valence-electron chi connectivity index (χ0n) is 10.8. The number of anilines is 2. The summed E-state index contributed by atoms with van der Waals surface area (Å²) in [7, 11) is 0. The Hall–Kier alpha value is -2.43. The van der Waals surface area contributed by atoms with Crippen LogP contribution in [0.1, 0.15) is 22.3 Å². The molecule has 0 bridgehead atoms. The summed E-state index contributed by atoms with van der Waals surface area (Å²) in [5.41, 5.74) is 8.61. The molecular formula is C15H14FN3O. The highest BCUT2D eigenvalue weighted by molar-refractivity contribution is 6.06. The van der Waals surface area contributed by atoms with Gasteiger partial charge in [-0.25, -0.2) is 4.39 Å². The number of carbonyl (C=O) groups is 1. The van der Waals surface area contributed by atoms with Gasteiger partial charge in [0.2, 0.25) is 0 Å². The van der Waals surface area contributed by atoms with E-state index in [1.54, 1.807) is 11.0 Å². The molecule has 0 fully saturated rings. The molecule has 4 nitrogen and oxygen atoms in total. The number of aryl methyl sites for hydroxylation is 1. The first-order valence-corrected chi connectivity index (χ1v) is 6.46. The van der Waals surface area contributed by atoms with Gasteiger partial charge in [0.15, 0.2) is 0 Å². The lowest BCUT2D eigenvalue weighted by Gasteiger charge is -2.29. The van der Waals surface area contributed by atoms with Crippen molar-refractivity contribution in [3.05, 3.63) is 53.6 Å². The van der Waals surface area contributed by atoms with Crippen molar-refractivity contribution in [1.82, 2.24) is 4.98 Å². The van der Waals surface area contributed by atoms with Gasteiger partial charge >= 0.3 is 0 Å². The minimum absolute atomic E-state index is 0.234. The quantitative estimate of drug-likeness (QED) is 0.810. The highest BCUT2D eigenvalue weighted by atomic mass is 19.1. The summed E-state index contributed by atoms with van der Waals surface area (Å²) >= 11 is 0. The van der Waals surface area contributed by atoms with Crippen LogP contribution in [-0.2, 0) is 6.42 Å². The van der Waals surface area contributed by atoms with Gasteiger partial charge in [-0.05, 0) is 42.7 Å². The summed E-state index contributed by atoms with van der Waals surface area (Å²) in [6.07, 6.45) is 4.23. The molecule has 2 N–H and O–H groups in total. The number of nitrogens with two attached hydrogens (primary N) is 1. The van der Waals surface area contributed by atoms with E-state index in [2.05, 4.69) is 4.98 Å². The van der Waals surface area contributed by atoms with Crippen LogP contribution in [0, 0.1) is 5.82 Å². The molecule has 20 heavy (non-hydrogen) atoms. The molecule has 1 amide bonds. The average Bonchev–Trinajstić information content (AvgIpc) is 2.45. The first-order chi connectivity index (χ1) is 9.65. The van der Waals surface area contributed by atoms with E-state index < -0.39 is 5.82 Å². The van der Waals surface area contributed by atoms with E-state index in [0.29, 0.717) is 12.2 Å². The number of nitrogen functional groups attached to an aromatic ring is 1. The summed E-state index contributed by atoms with van der Waals surface area (Å²) in [5, 5.41) is 0. The van der Waals surface area contributed by atoms with E-state index in [1.165, 1.54) is 12.3 Å². The molecule has 0 aliphatic carbocycles. The summed E-state index contributed by atoms with van der Waals surface area (Å²) in [6, 6.07) is 6.71. The largest absolute Gasteiger partial charge is 0.399 e. The Morgan fingerprint density at radius 2 is 2.15 bits per heavy atom. The molecule has 1 aromatic carbocycles. The molecule has 2 heterocycles. The molecule has 0 radical (unpaired) electrons. The molecular weight excluding hydrogens is 257 g/mol. The van der Waals surface area contributed by atoms with Gasteiger partial charge in [-0.15, -0.1) is 0 Å². The van der Waals surface area contributed by atoms with Crippen LogP contribution in [-0.4, -0.2) is 17.4 Å². The van der Waals surface area contributed by atoms with Gasteiger partial charge in [-0.3, -0.25) is 9.78 Å². The molecule has 1 aromatic heterocycles. The second kappa shape index (κ2) is 4.92. The van der Waals surface area contributed by atoms with Crippen LogP contribution >= 0.6 is 0 Å². The molecule has 1 aliphatic rings. The summed E-state index contributed by atoms with van der Waals surface area (Å²) in [4.78, 5) is 17.9. The number of hydrogen-bond acceptors (Lipinski definition) is 3. The molecule has 2 aromatic rings. The predicted molar refractivity (Wildman–Crippen MR) is 75.0 cm³/mol. The number of fused-ring (bicyclic) bond motifs is 1. The number of amides is 1. The molecule has 1 aliphatic heterocycles. The van der Waals surface area contributed by atoms with E-state index in [1.807, 2.05) is 12.1 Å². The number of pyridine rings is 1. The number of carbonyl (C=O) groups excluding carboxylic acids is 1. The molecule has 102 valence electrons. The van der Waals surface area contributed by atoms with Crippen molar-refractivity contribution in [2.45, 2.75) is 12.8 Å². The van der Waals surface area contributed by atoms with Crippen molar-refractivity contribution in [2.75, 3.05) is 17.2 Å². The van der Waals surface area contributed by atoms with Crippen molar-refractivity contribution < 1.29 is 9.18 Å². The zero-order chi connectivity index (χ0) is 14.1. The third-order valence-corrected chi connectivity index (χ3v) is 3.42. The summed E-state index contributed by atoms with van der Waals surface area (Å²) in [5.74, 6) is -0.742. The normalized spacial score (nSPS) is 13.9. The van der Waals surface area contributed by atoms with Gasteiger partial charge in [0.05, 0.1) is 11.8 Å². The van der Waals surface area contributed by atoms with Crippen molar-refractivity contribution in [3.63, 3.8) is 0 Å². The van der Waals surface area contributed by atoms with Crippen molar-refractivity contribution in [2.24, 2.45) is 0 Å². The molecule has 0 saturated heterocycles. The van der Waals surface area contributed by atoms with Crippen molar-refractivity contribution >= 4 is 17.3 Å². The Kier molecular flexibility index (Phi) is 3.10.